The lowest BCUT2D eigenvalue weighted by atomic mass is 10.3. The van der Waals surface area contributed by atoms with Gasteiger partial charge in [0.2, 0.25) is 11.8 Å². The molecule has 0 radical (unpaired) electrons. The molecule has 2 amide bonds. The molecule has 2 rings (SSSR count). The Morgan fingerprint density at radius 3 is 2.69 bits per heavy atom. The number of anilines is 1. The number of hydrogen-bond donors (Lipinski definition) is 2. The van der Waals surface area contributed by atoms with E-state index in [0.717, 1.165) is 0 Å². The normalized spacial score (nSPS) is 15.7. The van der Waals surface area contributed by atoms with Crippen molar-refractivity contribution >= 4 is 17.5 Å². The summed E-state index contributed by atoms with van der Waals surface area (Å²) < 4.78 is 0. The Labute approximate surface area is 92.4 Å². The maximum atomic E-state index is 11.4. The van der Waals surface area contributed by atoms with Crippen molar-refractivity contribution in [3.8, 4) is 0 Å². The molecule has 0 unspecified atom stereocenters. The van der Waals surface area contributed by atoms with Gasteiger partial charge in [0.25, 0.3) is 0 Å². The Balaban J connectivity index is 2.14. The van der Waals surface area contributed by atoms with Crippen LogP contribution in [-0.2, 0) is 16.1 Å². The van der Waals surface area contributed by atoms with E-state index in [4.69, 9.17) is 5.84 Å². The molecule has 1 aromatic rings. The van der Waals surface area contributed by atoms with Crippen molar-refractivity contribution in [1.82, 2.24) is 9.88 Å². The maximum Gasteiger partial charge on any atom is 0.230 e. The summed E-state index contributed by atoms with van der Waals surface area (Å²) in [7, 11) is 0. The number of imide groups is 1. The molecule has 0 atom stereocenters. The SMILES string of the molecule is NNc1ccnc(CN2C(=O)CCC2=O)c1. The molecule has 0 bridgehead atoms. The van der Waals surface area contributed by atoms with E-state index in [0.29, 0.717) is 24.2 Å². The summed E-state index contributed by atoms with van der Waals surface area (Å²) in [5.41, 5.74) is 3.82. The van der Waals surface area contributed by atoms with E-state index in [-0.39, 0.29) is 18.4 Å². The number of hydrogen-bond acceptors (Lipinski definition) is 5. The highest BCUT2D eigenvalue weighted by Crippen LogP contribution is 2.16. The van der Waals surface area contributed by atoms with Crippen LogP contribution in [-0.4, -0.2) is 21.7 Å². The van der Waals surface area contributed by atoms with Crippen molar-refractivity contribution in [2.45, 2.75) is 19.4 Å². The molecule has 0 spiro atoms. The van der Waals surface area contributed by atoms with E-state index < -0.39 is 0 Å². The Morgan fingerprint density at radius 1 is 1.38 bits per heavy atom. The number of rotatable bonds is 3. The molecule has 84 valence electrons. The molecule has 0 aliphatic carbocycles. The molecule has 1 aliphatic rings. The van der Waals surface area contributed by atoms with E-state index >= 15 is 0 Å². The summed E-state index contributed by atoms with van der Waals surface area (Å²) in [6, 6.07) is 3.41. The second kappa shape index (κ2) is 4.28. The quantitative estimate of drug-likeness (QED) is 0.426. The van der Waals surface area contributed by atoms with Gasteiger partial charge in [-0.2, -0.15) is 0 Å². The van der Waals surface area contributed by atoms with Crippen molar-refractivity contribution in [3.05, 3.63) is 24.0 Å². The lowest BCUT2D eigenvalue weighted by Gasteiger charge is -2.13. The fourth-order valence-corrected chi connectivity index (χ4v) is 1.62. The minimum atomic E-state index is -0.141. The highest BCUT2D eigenvalue weighted by molar-refractivity contribution is 6.01. The van der Waals surface area contributed by atoms with Gasteiger partial charge in [-0.05, 0) is 12.1 Å². The second-order valence-electron chi connectivity index (χ2n) is 3.55. The molecule has 1 saturated heterocycles. The Morgan fingerprint density at radius 2 is 2.06 bits per heavy atom. The molecule has 0 aromatic carbocycles. The topological polar surface area (TPSA) is 88.3 Å². The summed E-state index contributed by atoms with van der Waals surface area (Å²) >= 11 is 0. The maximum absolute atomic E-state index is 11.4. The minimum Gasteiger partial charge on any atom is -0.324 e. The molecule has 1 aromatic heterocycles. The monoisotopic (exact) mass is 220 g/mol. The summed E-state index contributed by atoms with van der Waals surface area (Å²) in [4.78, 5) is 28.1. The summed E-state index contributed by atoms with van der Waals surface area (Å²) in [6.07, 6.45) is 2.18. The third-order valence-corrected chi connectivity index (χ3v) is 2.46. The van der Waals surface area contributed by atoms with Crippen LogP contribution in [0.3, 0.4) is 0 Å². The Kier molecular flexibility index (Phi) is 2.82. The lowest BCUT2D eigenvalue weighted by Crippen LogP contribution is -2.28. The fraction of sp³-hybridized carbons (Fsp3) is 0.300. The molecular formula is C10H12N4O2. The average Bonchev–Trinajstić information content (AvgIpc) is 2.61. The predicted molar refractivity (Wildman–Crippen MR) is 56.8 cm³/mol. The number of pyridine rings is 1. The molecular weight excluding hydrogens is 208 g/mol. The van der Waals surface area contributed by atoms with Gasteiger partial charge >= 0.3 is 0 Å². The molecule has 6 heteroatoms. The van der Waals surface area contributed by atoms with Gasteiger partial charge in [-0.1, -0.05) is 0 Å². The van der Waals surface area contributed by atoms with Gasteiger partial charge in [-0.3, -0.25) is 25.3 Å². The van der Waals surface area contributed by atoms with Crippen LogP contribution >= 0.6 is 0 Å². The fourth-order valence-electron chi connectivity index (χ4n) is 1.62. The van der Waals surface area contributed by atoms with Crippen LogP contribution < -0.4 is 11.3 Å². The first-order valence-corrected chi connectivity index (χ1v) is 4.95. The third-order valence-electron chi connectivity index (χ3n) is 2.46. The third kappa shape index (κ3) is 2.01. The van der Waals surface area contributed by atoms with E-state index in [1.807, 2.05) is 0 Å². The summed E-state index contributed by atoms with van der Waals surface area (Å²) in [5.74, 6) is 4.97. The first-order chi connectivity index (χ1) is 7.70. The highest BCUT2D eigenvalue weighted by Gasteiger charge is 2.28. The van der Waals surface area contributed by atoms with Crippen molar-refractivity contribution in [2.75, 3.05) is 5.43 Å². The standard InChI is InChI=1S/C10H12N4O2/c11-13-7-3-4-12-8(5-7)6-14-9(15)1-2-10(14)16/h3-5H,1-2,6,11H2,(H,12,13). The highest BCUT2D eigenvalue weighted by atomic mass is 16.2. The van der Waals surface area contributed by atoms with Crippen molar-refractivity contribution in [1.29, 1.82) is 0 Å². The Hall–Kier alpha value is -1.95. The van der Waals surface area contributed by atoms with Gasteiger partial charge in [0.15, 0.2) is 0 Å². The number of nitrogens with two attached hydrogens (primary N) is 1. The number of carbonyl (C=O) groups excluding carboxylic acids is 2. The number of carbonyl (C=O) groups is 2. The van der Waals surface area contributed by atoms with Gasteiger partial charge in [0.1, 0.15) is 0 Å². The first-order valence-electron chi connectivity index (χ1n) is 4.95. The molecule has 0 saturated carbocycles. The van der Waals surface area contributed by atoms with E-state index in [9.17, 15) is 9.59 Å². The summed E-state index contributed by atoms with van der Waals surface area (Å²) in [5, 5.41) is 0. The van der Waals surface area contributed by atoms with Crippen LogP contribution in [0.5, 0.6) is 0 Å². The number of likely N-dealkylation sites (tertiary alicyclic amines) is 1. The van der Waals surface area contributed by atoms with E-state index in [1.54, 1.807) is 18.3 Å². The van der Waals surface area contributed by atoms with Crippen LogP contribution in [0.2, 0.25) is 0 Å². The number of amides is 2. The van der Waals surface area contributed by atoms with Crippen LogP contribution in [0, 0.1) is 0 Å². The van der Waals surface area contributed by atoms with Crippen LogP contribution in [0.1, 0.15) is 18.5 Å². The van der Waals surface area contributed by atoms with Gasteiger partial charge in [0.05, 0.1) is 17.9 Å². The number of nitrogens with zero attached hydrogens (tertiary/aromatic N) is 2. The number of nitrogens with one attached hydrogen (secondary N) is 1. The molecule has 1 aliphatic heterocycles. The van der Waals surface area contributed by atoms with Crippen molar-refractivity contribution in [2.24, 2.45) is 5.84 Å². The largest absolute Gasteiger partial charge is 0.324 e. The van der Waals surface area contributed by atoms with Crippen LogP contribution in [0.25, 0.3) is 0 Å². The molecule has 3 N–H and O–H groups in total. The lowest BCUT2D eigenvalue weighted by molar-refractivity contribution is -0.139. The van der Waals surface area contributed by atoms with Gasteiger partial charge < -0.3 is 5.43 Å². The zero-order valence-electron chi connectivity index (χ0n) is 8.64. The molecule has 1 fully saturated rings. The van der Waals surface area contributed by atoms with Crippen molar-refractivity contribution < 1.29 is 9.59 Å². The number of nitrogen functional groups attached to an aromatic ring is 1. The number of hydrazine groups is 1. The van der Waals surface area contributed by atoms with Gasteiger partial charge in [-0.25, -0.2) is 0 Å². The first kappa shape index (κ1) is 10.6. The van der Waals surface area contributed by atoms with Crippen molar-refractivity contribution in [3.63, 3.8) is 0 Å². The van der Waals surface area contributed by atoms with Gasteiger partial charge in [0, 0.05) is 19.0 Å². The Bertz CT molecular complexity index is 417. The second-order valence-corrected chi connectivity index (χ2v) is 3.55. The zero-order valence-corrected chi connectivity index (χ0v) is 8.64. The summed E-state index contributed by atoms with van der Waals surface area (Å²) in [6.45, 7) is 0.215. The molecule has 6 nitrogen and oxygen atoms in total. The molecule has 16 heavy (non-hydrogen) atoms. The zero-order chi connectivity index (χ0) is 11.5. The smallest absolute Gasteiger partial charge is 0.230 e. The van der Waals surface area contributed by atoms with Gasteiger partial charge in [-0.15, -0.1) is 0 Å². The predicted octanol–water partition coefficient (Wildman–Crippen LogP) is 0.0162. The average molecular weight is 220 g/mol. The minimum absolute atomic E-state index is 0.141. The van der Waals surface area contributed by atoms with Crippen LogP contribution in [0.15, 0.2) is 18.3 Å². The number of aromatic nitrogens is 1. The van der Waals surface area contributed by atoms with Crippen LogP contribution in [0.4, 0.5) is 5.69 Å². The molecule has 2 heterocycles. The van der Waals surface area contributed by atoms with E-state index in [2.05, 4.69) is 10.4 Å². The van der Waals surface area contributed by atoms with E-state index in [1.165, 1.54) is 4.90 Å².